The summed E-state index contributed by atoms with van der Waals surface area (Å²) in [5, 5.41) is 13.7. The van der Waals surface area contributed by atoms with E-state index in [1.54, 1.807) is 0 Å². The smallest absolute Gasteiger partial charge is 0.307 e. The van der Waals surface area contributed by atoms with E-state index in [2.05, 4.69) is 19.2 Å². The zero-order valence-electron chi connectivity index (χ0n) is 11.5. The molecule has 0 amide bonds. The highest BCUT2D eigenvalue weighted by atomic mass is 19.1. The van der Waals surface area contributed by atoms with Gasteiger partial charge in [-0.1, -0.05) is 13.8 Å². The molecule has 0 aliphatic heterocycles. The first-order chi connectivity index (χ1) is 9.38. The highest BCUT2D eigenvalue weighted by molar-refractivity contribution is 5.53. The van der Waals surface area contributed by atoms with Crippen LogP contribution in [0, 0.1) is 33.6 Å². The van der Waals surface area contributed by atoms with E-state index in [4.69, 9.17) is 0 Å². The summed E-state index contributed by atoms with van der Waals surface area (Å²) in [7, 11) is 0. The number of nitro groups is 1. The lowest BCUT2D eigenvalue weighted by molar-refractivity contribution is -0.387. The van der Waals surface area contributed by atoms with Crippen LogP contribution in [0.25, 0.3) is 0 Å². The number of hydrogen-bond acceptors (Lipinski definition) is 3. The molecule has 1 aliphatic carbocycles. The molecule has 1 saturated carbocycles. The maximum Gasteiger partial charge on any atom is 0.307 e. The summed E-state index contributed by atoms with van der Waals surface area (Å²) in [6, 6.07) is 1.57. The van der Waals surface area contributed by atoms with Gasteiger partial charge >= 0.3 is 5.69 Å². The van der Waals surface area contributed by atoms with E-state index in [1.165, 1.54) is 0 Å². The normalized spacial score (nSPS) is 26.3. The fourth-order valence-corrected chi connectivity index (χ4v) is 2.87. The van der Waals surface area contributed by atoms with Crippen molar-refractivity contribution >= 4 is 11.4 Å². The van der Waals surface area contributed by atoms with Crippen LogP contribution < -0.4 is 5.32 Å². The van der Waals surface area contributed by atoms with Crippen molar-refractivity contribution in [3.05, 3.63) is 33.9 Å². The number of nitrogens with one attached hydrogen (secondary N) is 1. The van der Waals surface area contributed by atoms with Gasteiger partial charge in [0.15, 0.2) is 0 Å². The van der Waals surface area contributed by atoms with Crippen LogP contribution in [0.4, 0.5) is 20.2 Å². The molecular formula is C14H18F2N2O2. The number of benzene rings is 1. The zero-order chi connectivity index (χ0) is 14.9. The molecule has 6 heteroatoms. The molecule has 0 aromatic heterocycles. The summed E-state index contributed by atoms with van der Waals surface area (Å²) in [5.74, 6) is -0.958. The van der Waals surface area contributed by atoms with E-state index >= 15 is 0 Å². The second-order valence-corrected chi connectivity index (χ2v) is 5.69. The predicted octanol–water partition coefficient (Wildman–Crippen LogP) is 4.11. The number of hydrogen-bond donors (Lipinski definition) is 1. The fraction of sp³-hybridized carbons (Fsp3) is 0.571. The molecule has 1 aromatic carbocycles. The number of rotatable bonds is 3. The molecule has 0 saturated heterocycles. The maximum atomic E-state index is 13.7. The van der Waals surface area contributed by atoms with Crippen LogP contribution in [-0.4, -0.2) is 11.0 Å². The van der Waals surface area contributed by atoms with Gasteiger partial charge in [-0.25, -0.2) is 4.39 Å². The zero-order valence-corrected chi connectivity index (χ0v) is 11.5. The van der Waals surface area contributed by atoms with E-state index in [0.717, 1.165) is 25.3 Å². The monoisotopic (exact) mass is 284 g/mol. The third-order valence-electron chi connectivity index (χ3n) is 4.01. The fourth-order valence-electron chi connectivity index (χ4n) is 2.87. The SMILES string of the molecule is CC1CCC(Nc2cc([N+](=O)[O-])c(F)cc2F)C(C)C1. The van der Waals surface area contributed by atoms with Crippen LogP contribution in [0.3, 0.4) is 0 Å². The summed E-state index contributed by atoms with van der Waals surface area (Å²) in [5.41, 5.74) is -0.699. The van der Waals surface area contributed by atoms with Crippen molar-refractivity contribution in [3.8, 4) is 0 Å². The molecule has 0 spiro atoms. The van der Waals surface area contributed by atoms with Crippen LogP contribution in [0.2, 0.25) is 0 Å². The average Bonchev–Trinajstić information content (AvgIpc) is 2.35. The van der Waals surface area contributed by atoms with Crippen molar-refractivity contribution in [2.45, 2.75) is 39.2 Å². The van der Waals surface area contributed by atoms with E-state index in [-0.39, 0.29) is 11.7 Å². The third kappa shape index (κ3) is 3.05. The highest BCUT2D eigenvalue weighted by Gasteiger charge is 2.27. The second kappa shape index (κ2) is 5.73. The van der Waals surface area contributed by atoms with Crippen LogP contribution in [0.5, 0.6) is 0 Å². The number of halogens is 2. The Hall–Kier alpha value is -1.72. The molecule has 1 fully saturated rings. The van der Waals surface area contributed by atoms with Gasteiger partial charge in [-0.3, -0.25) is 10.1 Å². The summed E-state index contributed by atoms with van der Waals surface area (Å²) >= 11 is 0. The Morgan fingerprint density at radius 2 is 1.95 bits per heavy atom. The largest absolute Gasteiger partial charge is 0.379 e. The Bertz CT molecular complexity index is 522. The van der Waals surface area contributed by atoms with Gasteiger partial charge in [0.25, 0.3) is 0 Å². The predicted molar refractivity (Wildman–Crippen MR) is 72.6 cm³/mol. The van der Waals surface area contributed by atoms with Crippen molar-refractivity contribution < 1.29 is 13.7 Å². The molecule has 1 aromatic rings. The summed E-state index contributed by atoms with van der Waals surface area (Å²) < 4.78 is 27.0. The minimum absolute atomic E-state index is 0.00417. The molecule has 0 heterocycles. The van der Waals surface area contributed by atoms with Gasteiger partial charge in [0.2, 0.25) is 5.82 Å². The molecule has 1 aliphatic rings. The van der Waals surface area contributed by atoms with Gasteiger partial charge in [-0.15, -0.1) is 0 Å². The Morgan fingerprint density at radius 1 is 1.25 bits per heavy atom. The lowest BCUT2D eigenvalue weighted by Gasteiger charge is -2.33. The molecule has 1 N–H and O–H groups in total. The van der Waals surface area contributed by atoms with Crippen LogP contribution >= 0.6 is 0 Å². The summed E-state index contributed by atoms with van der Waals surface area (Å²) in [6.45, 7) is 4.25. The molecule has 3 unspecified atom stereocenters. The first kappa shape index (κ1) is 14.7. The molecule has 20 heavy (non-hydrogen) atoms. The van der Waals surface area contributed by atoms with Crippen LogP contribution in [0.1, 0.15) is 33.1 Å². The third-order valence-corrected chi connectivity index (χ3v) is 4.01. The quantitative estimate of drug-likeness (QED) is 0.671. The van der Waals surface area contributed by atoms with Crippen LogP contribution in [-0.2, 0) is 0 Å². The lowest BCUT2D eigenvalue weighted by Crippen LogP contribution is -2.33. The Labute approximate surface area is 116 Å². The molecule has 4 nitrogen and oxygen atoms in total. The Morgan fingerprint density at radius 3 is 2.55 bits per heavy atom. The first-order valence-electron chi connectivity index (χ1n) is 6.78. The van der Waals surface area contributed by atoms with E-state index in [1.807, 2.05) is 0 Å². The van der Waals surface area contributed by atoms with Crippen molar-refractivity contribution in [1.82, 2.24) is 0 Å². The summed E-state index contributed by atoms with van der Waals surface area (Å²) in [4.78, 5) is 9.86. The van der Waals surface area contributed by atoms with Gasteiger partial charge in [0.05, 0.1) is 10.6 Å². The van der Waals surface area contributed by atoms with Gasteiger partial charge in [0.1, 0.15) is 5.82 Å². The molecule has 2 rings (SSSR count). The topological polar surface area (TPSA) is 55.2 Å². The molecule has 3 atom stereocenters. The number of nitrogens with zero attached hydrogens (tertiary/aromatic N) is 1. The standard InChI is InChI=1S/C14H18F2N2O2/c1-8-3-4-12(9(2)5-8)17-13-7-14(18(19)20)11(16)6-10(13)15/h6-9,12,17H,3-5H2,1-2H3. The van der Waals surface area contributed by atoms with E-state index in [0.29, 0.717) is 17.9 Å². The number of nitro benzene ring substituents is 1. The Kier molecular flexibility index (Phi) is 4.20. The van der Waals surface area contributed by atoms with Crippen molar-refractivity contribution in [2.24, 2.45) is 11.8 Å². The van der Waals surface area contributed by atoms with Gasteiger partial charge in [0, 0.05) is 18.2 Å². The van der Waals surface area contributed by atoms with Crippen LogP contribution in [0.15, 0.2) is 12.1 Å². The Balaban J connectivity index is 2.21. The minimum atomic E-state index is -1.15. The average molecular weight is 284 g/mol. The maximum absolute atomic E-state index is 13.7. The first-order valence-corrected chi connectivity index (χ1v) is 6.78. The van der Waals surface area contributed by atoms with Crippen molar-refractivity contribution in [2.75, 3.05) is 5.32 Å². The molecule has 0 bridgehead atoms. The molecule has 110 valence electrons. The van der Waals surface area contributed by atoms with E-state index < -0.39 is 22.2 Å². The lowest BCUT2D eigenvalue weighted by atomic mass is 9.80. The molecular weight excluding hydrogens is 266 g/mol. The van der Waals surface area contributed by atoms with Gasteiger partial charge in [-0.05, 0) is 31.1 Å². The minimum Gasteiger partial charge on any atom is -0.379 e. The van der Waals surface area contributed by atoms with E-state index in [9.17, 15) is 18.9 Å². The molecule has 0 radical (unpaired) electrons. The van der Waals surface area contributed by atoms with Crippen molar-refractivity contribution in [1.29, 1.82) is 0 Å². The van der Waals surface area contributed by atoms with Crippen molar-refractivity contribution in [3.63, 3.8) is 0 Å². The number of anilines is 1. The second-order valence-electron chi connectivity index (χ2n) is 5.69. The van der Waals surface area contributed by atoms with Gasteiger partial charge in [-0.2, -0.15) is 4.39 Å². The summed E-state index contributed by atoms with van der Waals surface area (Å²) in [6.07, 6.45) is 2.95. The van der Waals surface area contributed by atoms with Gasteiger partial charge < -0.3 is 5.32 Å². The highest BCUT2D eigenvalue weighted by Crippen LogP contribution is 2.32.